The molecule has 2 aromatic carbocycles. The first kappa shape index (κ1) is 21.2. The Morgan fingerprint density at radius 3 is 2.91 bits per heavy atom. The predicted molar refractivity (Wildman–Crippen MR) is 120 cm³/mol. The van der Waals surface area contributed by atoms with Crippen molar-refractivity contribution in [3.05, 3.63) is 87.1 Å². The van der Waals surface area contributed by atoms with Gasteiger partial charge < -0.3 is 15.4 Å². The number of rotatable bonds is 5. The SMILES string of the molecule is COc1cc(F)c([N+](=O)[O-])cc1Nc1nccc(/C2=C/NCCCc3cccc2c3C)n1. The van der Waals surface area contributed by atoms with E-state index >= 15 is 0 Å². The van der Waals surface area contributed by atoms with Crippen molar-refractivity contribution >= 4 is 22.9 Å². The molecule has 0 saturated carbocycles. The molecule has 8 nitrogen and oxygen atoms in total. The van der Waals surface area contributed by atoms with Gasteiger partial charge in [-0.1, -0.05) is 18.2 Å². The van der Waals surface area contributed by atoms with Crippen LogP contribution in [0.4, 0.5) is 21.7 Å². The van der Waals surface area contributed by atoms with Crippen molar-refractivity contribution in [3.8, 4) is 5.75 Å². The molecular weight excluding hydrogens is 413 g/mol. The van der Waals surface area contributed by atoms with Crippen molar-refractivity contribution in [2.45, 2.75) is 19.8 Å². The molecule has 1 aliphatic heterocycles. The highest BCUT2D eigenvalue weighted by Crippen LogP contribution is 2.34. The lowest BCUT2D eigenvalue weighted by Gasteiger charge is -2.14. The summed E-state index contributed by atoms with van der Waals surface area (Å²) >= 11 is 0. The van der Waals surface area contributed by atoms with Crippen molar-refractivity contribution in [3.63, 3.8) is 0 Å². The average molecular weight is 435 g/mol. The first-order chi connectivity index (χ1) is 15.5. The van der Waals surface area contributed by atoms with Gasteiger partial charge in [0.1, 0.15) is 5.75 Å². The first-order valence-electron chi connectivity index (χ1n) is 10.1. The lowest BCUT2D eigenvalue weighted by atomic mass is 9.93. The van der Waals surface area contributed by atoms with Gasteiger partial charge in [0.15, 0.2) is 0 Å². The van der Waals surface area contributed by atoms with Crippen LogP contribution in [0, 0.1) is 22.9 Å². The summed E-state index contributed by atoms with van der Waals surface area (Å²) in [6.07, 6.45) is 5.57. The lowest BCUT2D eigenvalue weighted by molar-refractivity contribution is -0.387. The number of anilines is 2. The molecule has 0 amide bonds. The van der Waals surface area contributed by atoms with E-state index in [1.807, 2.05) is 12.3 Å². The molecule has 0 atom stereocenters. The van der Waals surface area contributed by atoms with E-state index in [1.165, 1.54) is 18.2 Å². The average Bonchev–Trinajstić information content (AvgIpc) is 2.81. The number of nitrogens with zero attached hydrogens (tertiary/aromatic N) is 3. The topological polar surface area (TPSA) is 102 Å². The van der Waals surface area contributed by atoms with Crippen molar-refractivity contribution in [2.24, 2.45) is 0 Å². The van der Waals surface area contributed by atoms with Gasteiger partial charge in [0.2, 0.25) is 11.8 Å². The number of methoxy groups -OCH3 is 1. The number of hydrogen-bond donors (Lipinski definition) is 2. The summed E-state index contributed by atoms with van der Waals surface area (Å²) in [6.45, 7) is 2.95. The molecule has 2 bridgehead atoms. The summed E-state index contributed by atoms with van der Waals surface area (Å²) < 4.78 is 19.1. The van der Waals surface area contributed by atoms with Crippen molar-refractivity contribution in [2.75, 3.05) is 19.0 Å². The number of ether oxygens (including phenoxy) is 1. The molecule has 1 aromatic heterocycles. The Bertz CT molecular complexity index is 1210. The van der Waals surface area contributed by atoms with Crippen molar-refractivity contribution in [1.82, 2.24) is 15.3 Å². The van der Waals surface area contributed by atoms with Crippen LogP contribution in [0.3, 0.4) is 0 Å². The number of nitro groups is 1. The Kier molecular flexibility index (Phi) is 5.98. The van der Waals surface area contributed by atoms with Crippen LogP contribution in [0.25, 0.3) is 5.57 Å². The summed E-state index contributed by atoms with van der Waals surface area (Å²) in [5.74, 6) is -0.672. The van der Waals surface area contributed by atoms with E-state index in [0.717, 1.165) is 42.7 Å². The Morgan fingerprint density at radius 2 is 2.12 bits per heavy atom. The highest BCUT2D eigenvalue weighted by atomic mass is 19.1. The number of hydrogen-bond acceptors (Lipinski definition) is 7. The van der Waals surface area contributed by atoms with E-state index in [9.17, 15) is 14.5 Å². The van der Waals surface area contributed by atoms with Crippen LogP contribution in [0.2, 0.25) is 0 Å². The number of fused-ring (bicyclic) bond motifs is 2. The van der Waals surface area contributed by atoms with Crippen LogP contribution >= 0.6 is 0 Å². The van der Waals surface area contributed by atoms with E-state index < -0.39 is 16.4 Å². The molecule has 0 spiro atoms. The quantitative estimate of drug-likeness (QED) is 0.449. The Morgan fingerprint density at radius 1 is 1.28 bits per heavy atom. The minimum absolute atomic E-state index is 0.106. The fourth-order valence-electron chi connectivity index (χ4n) is 3.73. The third-order valence-corrected chi connectivity index (χ3v) is 5.39. The molecule has 9 heteroatoms. The number of nitro benzene ring substituents is 1. The second-order valence-electron chi connectivity index (χ2n) is 7.36. The summed E-state index contributed by atoms with van der Waals surface area (Å²) in [4.78, 5) is 19.2. The molecule has 164 valence electrons. The number of aryl methyl sites for hydroxylation is 1. The van der Waals surface area contributed by atoms with Crippen LogP contribution in [0.1, 0.15) is 28.8 Å². The van der Waals surface area contributed by atoms with E-state index in [1.54, 1.807) is 12.3 Å². The molecule has 0 fully saturated rings. The molecule has 2 N–H and O–H groups in total. The van der Waals surface area contributed by atoms with E-state index in [0.29, 0.717) is 5.69 Å². The second-order valence-corrected chi connectivity index (χ2v) is 7.36. The van der Waals surface area contributed by atoms with Gasteiger partial charge in [0.05, 0.1) is 23.4 Å². The number of aromatic nitrogens is 2. The lowest BCUT2D eigenvalue weighted by Crippen LogP contribution is -2.09. The Balaban J connectivity index is 1.74. The third kappa shape index (κ3) is 4.22. The molecule has 1 aliphatic rings. The fraction of sp³-hybridized carbons (Fsp3) is 0.217. The van der Waals surface area contributed by atoms with Crippen LogP contribution in [0.15, 0.2) is 48.8 Å². The van der Waals surface area contributed by atoms with Crippen molar-refractivity contribution in [1.29, 1.82) is 0 Å². The zero-order valence-electron chi connectivity index (χ0n) is 17.7. The summed E-state index contributed by atoms with van der Waals surface area (Å²) in [6, 6.07) is 10.1. The standard InChI is InChI=1S/C23H22FN5O3/c1-14-15-5-3-7-16(14)17(13-25-9-4-6-15)19-8-10-26-23(27-19)28-20-12-21(29(30)31)18(24)11-22(20)32-2/h3,5,7-8,10-13,25H,4,6,9H2,1-2H3,(H,26,27,28)/b17-13+. The monoisotopic (exact) mass is 435 g/mol. The van der Waals surface area contributed by atoms with Crippen LogP contribution in [-0.2, 0) is 6.42 Å². The van der Waals surface area contributed by atoms with Crippen LogP contribution < -0.4 is 15.4 Å². The largest absolute Gasteiger partial charge is 0.494 e. The summed E-state index contributed by atoms with van der Waals surface area (Å²) in [5.41, 5.74) is 4.68. The van der Waals surface area contributed by atoms with Gasteiger partial charge in [-0.05, 0) is 42.5 Å². The molecule has 4 rings (SSSR count). The minimum atomic E-state index is -0.982. The van der Waals surface area contributed by atoms with Crippen LogP contribution in [-0.4, -0.2) is 28.5 Å². The van der Waals surface area contributed by atoms with Gasteiger partial charge >= 0.3 is 5.69 Å². The number of nitrogens with one attached hydrogen (secondary N) is 2. The zero-order valence-corrected chi connectivity index (χ0v) is 17.7. The highest BCUT2D eigenvalue weighted by Gasteiger charge is 2.20. The predicted octanol–water partition coefficient (Wildman–Crippen LogP) is 4.51. The zero-order chi connectivity index (χ0) is 22.7. The maximum absolute atomic E-state index is 14.0. The normalized spacial score (nSPS) is 14.8. The van der Waals surface area contributed by atoms with Crippen LogP contribution in [0.5, 0.6) is 5.75 Å². The Hall–Kier alpha value is -4.01. The second kappa shape index (κ2) is 9.01. The first-order valence-corrected chi connectivity index (χ1v) is 10.1. The van der Waals surface area contributed by atoms with Gasteiger partial charge in [-0.15, -0.1) is 0 Å². The molecular formula is C23H22FN5O3. The van der Waals surface area contributed by atoms with Gasteiger partial charge in [-0.2, -0.15) is 4.39 Å². The van der Waals surface area contributed by atoms with E-state index in [-0.39, 0.29) is 17.4 Å². The number of halogens is 1. The molecule has 0 unspecified atom stereocenters. The molecule has 0 saturated heterocycles. The molecule has 0 radical (unpaired) electrons. The van der Waals surface area contributed by atoms with Crippen molar-refractivity contribution < 1.29 is 14.1 Å². The maximum Gasteiger partial charge on any atom is 0.307 e. The van der Waals surface area contributed by atoms with E-state index in [2.05, 4.69) is 39.7 Å². The molecule has 0 aliphatic carbocycles. The summed E-state index contributed by atoms with van der Waals surface area (Å²) in [7, 11) is 1.35. The molecule has 2 heterocycles. The molecule has 32 heavy (non-hydrogen) atoms. The summed E-state index contributed by atoms with van der Waals surface area (Å²) in [5, 5.41) is 17.4. The van der Waals surface area contributed by atoms with Gasteiger partial charge in [0.25, 0.3) is 0 Å². The van der Waals surface area contributed by atoms with E-state index in [4.69, 9.17) is 4.74 Å². The van der Waals surface area contributed by atoms with Gasteiger partial charge in [-0.25, -0.2) is 9.97 Å². The highest BCUT2D eigenvalue weighted by molar-refractivity contribution is 5.80. The minimum Gasteiger partial charge on any atom is -0.494 e. The van der Waals surface area contributed by atoms with Gasteiger partial charge in [0, 0.05) is 36.6 Å². The third-order valence-electron chi connectivity index (χ3n) is 5.39. The fourth-order valence-corrected chi connectivity index (χ4v) is 3.73. The number of benzene rings is 2. The maximum atomic E-state index is 14.0. The van der Waals surface area contributed by atoms with Gasteiger partial charge in [-0.3, -0.25) is 10.1 Å². The smallest absolute Gasteiger partial charge is 0.307 e. The molecule has 3 aromatic rings. The Labute approximate surface area is 184 Å².